The van der Waals surface area contributed by atoms with Gasteiger partial charge in [0.05, 0.1) is 17.6 Å². The van der Waals surface area contributed by atoms with Gasteiger partial charge in [0.1, 0.15) is 0 Å². The molecule has 0 heterocycles. The van der Waals surface area contributed by atoms with Crippen molar-refractivity contribution in [2.45, 2.75) is 6.54 Å². The van der Waals surface area contributed by atoms with Crippen LogP contribution in [0.15, 0.2) is 46.9 Å². The second kappa shape index (κ2) is 6.68. The summed E-state index contributed by atoms with van der Waals surface area (Å²) in [6, 6.07) is 12.7. The largest absolute Gasteiger partial charge is 0.379 e. The third-order valence-electron chi connectivity index (χ3n) is 2.70. The Kier molecular flexibility index (Phi) is 5.13. The summed E-state index contributed by atoms with van der Waals surface area (Å²) in [6.07, 6.45) is 1.12. The molecule has 2 aromatic rings. The van der Waals surface area contributed by atoms with E-state index < -0.39 is 10.0 Å². The van der Waals surface area contributed by atoms with Crippen LogP contribution in [-0.2, 0) is 16.6 Å². The van der Waals surface area contributed by atoms with E-state index >= 15 is 0 Å². The molecule has 0 amide bonds. The molecular weight excluding hydrogens is 376 g/mol. The van der Waals surface area contributed by atoms with Crippen LogP contribution >= 0.6 is 27.5 Å². The van der Waals surface area contributed by atoms with Crippen molar-refractivity contribution in [3.63, 3.8) is 0 Å². The topological polar surface area (TPSA) is 58.2 Å². The van der Waals surface area contributed by atoms with Crippen LogP contribution in [0, 0.1) is 0 Å². The highest BCUT2D eigenvalue weighted by Gasteiger charge is 2.07. The van der Waals surface area contributed by atoms with Crippen molar-refractivity contribution in [1.29, 1.82) is 0 Å². The van der Waals surface area contributed by atoms with Gasteiger partial charge >= 0.3 is 0 Å². The van der Waals surface area contributed by atoms with Gasteiger partial charge < -0.3 is 5.32 Å². The third kappa shape index (κ3) is 4.91. The number of sulfonamides is 1. The van der Waals surface area contributed by atoms with E-state index in [0.717, 1.165) is 16.3 Å². The summed E-state index contributed by atoms with van der Waals surface area (Å²) in [4.78, 5) is 0. The van der Waals surface area contributed by atoms with Crippen LogP contribution in [-0.4, -0.2) is 14.7 Å². The molecule has 0 saturated carbocycles. The van der Waals surface area contributed by atoms with Gasteiger partial charge in [-0.25, -0.2) is 8.42 Å². The molecule has 0 bridgehead atoms. The van der Waals surface area contributed by atoms with Crippen LogP contribution in [0.4, 0.5) is 11.4 Å². The van der Waals surface area contributed by atoms with E-state index in [1.54, 1.807) is 18.2 Å². The zero-order valence-corrected chi connectivity index (χ0v) is 14.4. The van der Waals surface area contributed by atoms with Gasteiger partial charge in [0, 0.05) is 16.0 Å². The van der Waals surface area contributed by atoms with Crippen LogP contribution in [0.3, 0.4) is 0 Å². The maximum absolute atomic E-state index is 11.4. The standard InChI is InChI=1S/C14H14BrClN2O2S/c1-21(19,20)18-14-5-3-2-4-13(14)17-9-10-8-11(15)6-7-12(10)16/h2-8,17-18H,9H2,1H3. The average molecular weight is 390 g/mol. The number of nitrogens with one attached hydrogen (secondary N) is 2. The molecular formula is C14H14BrClN2O2S. The van der Waals surface area contributed by atoms with E-state index in [2.05, 4.69) is 26.0 Å². The minimum Gasteiger partial charge on any atom is -0.379 e. The molecule has 0 aliphatic heterocycles. The highest BCUT2D eigenvalue weighted by Crippen LogP contribution is 2.25. The first-order valence-corrected chi connectivity index (χ1v) is 9.16. The lowest BCUT2D eigenvalue weighted by Crippen LogP contribution is -2.12. The molecule has 0 fully saturated rings. The Hall–Kier alpha value is -1.24. The predicted octanol–water partition coefficient (Wildman–Crippen LogP) is 4.09. The lowest BCUT2D eigenvalue weighted by Gasteiger charge is -2.13. The minimum absolute atomic E-state index is 0.487. The maximum atomic E-state index is 11.4. The third-order valence-corrected chi connectivity index (χ3v) is 4.15. The average Bonchev–Trinajstić information content (AvgIpc) is 2.39. The number of hydrogen-bond donors (Lipinski definition) is 2. The number of benzene rings is 2. The summed E-state index contributed by atoms with van der Waals surface area (Å²) in [5, 5.41) is 3.84. The second-order valence-electron chi connectivity index (χ2n) is 4.51. The Morgan fingerprint density at radius 1 is 1.14 bits per heavy atom. The molecule has 112 valence electrons. The molecule has 0 spiro atoms. The number of hydrogen-bond acceptors (Lipinski definition) is 3. The fraction of sp³-hybridized carbons (Fsp3) is 0.143. The van der Waals surface area contributed by atoms with E-state index in [1.807, 2.05) is 24.3 Å². The molecule has 0 atom stereocenters. The van der Waals surface area contributed by atoms with Crippen molar-refractivity contribution in [1.82, 2.24) is 0 Å². The highest BCUT2D eigenvalue weighted by atomic mass is 79.9. The first-order valence-electron chi connectivity index (χ1n) is 6.10. The molecule has 4 nitrogen and oxygen atoms in total. The van der Waals surface area contributed by atoms with Crippen molar-refractivity contribution >= 4 is 48.9 Å². The zero-order valence-electron chi connectivity index (χ0n) is 11.2. The Labute approximate surface area is 137 Å². The van der Waals surface area contributed by atoms with Gasteiger partial charge in [-0.15, -0.1) is 0 Å². The maximum Gasteiger partial charge on any atom is 0.229 e. The van der Waals surface area contributed by atoms with Gasteiger partial charge in [0.2, 0.25) is 10.0 Å². The zero-order chi connectivity index (χ0) is 15.5. The lowest BCUT2D eigenvalue weighted by molar-refractivity contribution is 0.607. The van der Waals surface area contributed by atoms with Crippen LogP contribution < -0.4 is 10.0 Å². The van der Waals surface area contributed by atoms with Gasteiger partial charge in [-0.05, 0) is 35.9 Å². The molecule has 0 aromatic heterocycles. The second-order valence-corrected chi connectivity index (χ2v) is 7.58. The molecule has 2 rings (SSSR count). The molecule has 2 N–H and O–H groups in total. The summed E-state index contributed by atoms with van der Waals surface area (Å²) < 4.78 is 26.1. The van der Waals surface area contributed by atoms with Crippen LogP contribution in [0.5, 0.6) is 0 Å². The highest BCUT2D eigenvalue weighted by molar-refractivity contribution is 9.10. The Balaban J connectivity index is 2.18. The first-order chi connectivity index (χ1) is 9.85. The quantitative estimate of drug-likeness (QED) is 0.810. The van der Waals surface area contributed by atoms with Crippen LogP contribution in [0.2, 0.25) is 5.02 Å². The molecule has 0 radical (unpaired) electrons. The van der Waals surface area contributed by atoms with Gasteiger partial charge in [-0.3, -0.25) is 4.72 Å². The summed E-state index contributed by atoms with van der Waals surface area (Å²) >= 11 is 9.54. The van der Waals surface area contributed by atoms with Crippen molar-refractivity contribution in [2.75, 3.05) is 16.3 Å². The number of halogens is 2. The number of para-hydroxylation sites is 2. The normalized spacial score (nSPS) is 11.2. The molecule has 21 heavy (non-hydrogen) atoms. The number of anilines is 2. The number of rotatable bonds is 5. The van der Waals surface area contributed by atoms with Gasteiger partial charge in [0.15, 0.2) is 0 Å². The molecule has 0 saturated heterocycles. The summed E-state index contributed by atoms with van der Waals surface area (Å²) in [5.41, 5.74) is 2.12. The van der Waals surface area contributed by atoms with Crippen molar-refractivity contribution < 1.29 is 8.42 Å². The van der Waals surface area contributed by atoms with E-state index in [4.69, 9.17) is 11.6 Å². The summed E-state index contributed by atoms with van der Waals surface area (Å²) in [6.45, 7) is 0.487. The van der Waals surface area contributed by atoms with Crippen LogP contribution in [0.1, 0.15) is 5.56 Å². The van der Waals surface area contributed by atoms with E-state index in [0.29, 0.717) is 22.9 Å². The van der Waals surface area contributed by atoms with Crippen molar-refractivity contribution in [3.05, 3.63) is 57.5 Å². The van der Waals surface area contributed by atoms with E-state index in [1.165, 1.54) is 0 Å². The van der Waals surface area contributed by atoms with Gasteiger partial charge in [-0.1, -0.05) is 39.7 Å². The van der Waals surface area contributed by atoms with Crippen LogP contribution in [0.25, 0.3) is 0 Å². The van der Waals surface area contributed by atoms with Crippen molar-refractivity contribution in [3.8, 4) is 0 Å². The fourth-order valence-corrected chi connectivity index (χ4v) is 2.97. The predicted molar refractivity (Wildman–Crippen MR) is 91.4 cm³/mol. The SMILES string of the molecule is CS(=O)(=O)Nc1ccccc1NCc1cc(Br)ccc1Cl. The molecule has 0 unspecified atom stereocenters. The first kappa shape index (κ1) is 16.1. The molecule has 2 aromatic carbocycles. The Morgan fingerprint density at radius 2 is 1.81 bits per heavy atom. The Bertz CT molecular complexity index is 750. The van der Waals surface area contributed by atoms with Gasteiger partial charge in [-0.2, -0.15) is 0 Å². The van der Waals surface area contributed by atoms with Gasteiger partial charge in [0.25, 0.3) is 0 Å². The monoisotopic (exact) mass is 388 g/mol. The van der Waals surface area contributed by atoms with Crippen molar-refractivity contribution in [2.24, 2.45) is 0 Å². The molecule has 0 aliphatic rings. The minimum atomic E-state index is -3.32. The molecule has 7 heteroatoms. The van der Waals surface area contributed by atoms with E-state index in [9.17, 15) is 8.42 Å². The molecule has 0 aliphatic carbocycles. The fourth-order valence-electron chi connectivity index (χ4n) is 1.80. The smallest absolute Gasteiger partial charge is 0.229 e. The summed E-state index contributed by atoms with van der Waals surface area (Å²) in [5.74, 6) is 0. The Morgan fingerprint density at radius 3 is 2.48 bits per heavy atom. The summed E-state index contributed by atoms with van der Waals surface area (Å²) in [7, 11) is -3.32. The van der Waals surface area contributed by atoms with E-state index in [-0.39, 0.29) is 0 Å². The lowest BCUT2D eigenvalue weighted by atomic mass is 10.2.